The second kappa shape index (κ2) is 11.7. The molecule has 2 aliphatic rings. The van der Waals surface area contributed by atoms with Crippen molar-refractivity contribution in [2.24, 2.45) is 17.8 Å². The van der Waals surface area contributed by atoms with Crippen LogP contribution in [0.3, 0.4) is 0 Å². The molecule has 4 rings (SSSR count). The van der Waals surface area contributed by atoms with E-state index in [1.54, 1.807) is 5.56 Å². The Morgan fingerprint density at radius 1 is 0.750 bits per heavy atom. The first-order valence-corrected chi connectivity index (χ1v) is 13.2. The van der Waals surface area contributed by atoms with Gasteiger partial charge >= 0.3 is 0 Å². The second-order valence-corrected chi connectivity index (χ2v) is 10.2. The maximum absolute atomic E-state index is 5.72. The lowest BCUT2D eigenvalue weighted by Gasteiger charge is -2.38. The topological polar surface area (TPSA) is 9.23 Å². The molecule has 2 saturated carbocycles. The predicted octanol–water partition coefficient (Wildman–Crippen LogP) is 9.19. The van der Waals surface area contributed by atoms with Crippen LogP contribution < -0.4 is 4.74 Å². The zero-order valence-electron chi connectivity index (χ0n) is 20.3. The van der Waals surface area contributed by atoms with Gasteiger partial charge in [0.1, 0.15) is 12.4 Å². The van der Waals surface area contributed by atoms with Crippen LogP contribution in [0.25, 0.3) is 11.1 Å². The van der Waals surface area contributed by atoms with E-state index in [4.69, 9.17) is 4.74 Å². The zero-order valence-corrected chi connectivity index (χ0v) is 20.3. The molecular formula is C31H42O. The van der Waals surface area contributed by atoms with Gasteiger partial charge in [0.2, 0.25) is 0 Å². The summed E-state index contributed by atoms with van der Waals surface area (Å²) in [5, 5.41) is 0. The monoisotopic (exact) mass is 430 g/mol. The first kappa shape index (κ1) is 23.1. The number of benzene rings is 2. The van der Waals surface area contributed by atoms with E-state index in [2.05, 4.69) is 55.5 Å². The van der Waals surface area contributed by atoms with E-state index in [9.17, 15) is 0 Å². The molecule has 2 aliphatic carbocycles. The van der Waals surface area contributed by atoms with Gasteiger partial charge in [-0.3, -0.25) is 0 Å². The highest BCUT2D eigenvalue weighted by Crippen LogP contribution is 2.44. The van der Waals surface area contributed by atoms with Crippen molar-refractivity contribution in [2.75, 3.05) is 6.61 Å². The Balaban J connectivity index is 1.27. The van der Waals surface area contributed by atoms with E-state index in [1.165, 1.54) is 75.3 Å². The van der Waals surface area contributed by atoms with Gasteiger partial charge in [0.05, 0.1) is 0 Å². The van der Waals surface area contributed by atoms with Crippen LogP contribution >= 0.6 is 0 Å². The number of hydrogen-bond donors (Lipinski definition) is 0. The van der Waals surface area contributed by atoms with Crippen molar-refractivity contribution >= 4 is 0 Å². The van der Waals surface area contributed by atoms with Crippen LogP contribution in [0, 0.1) is 17.8 Å². The van der Waals surface area contributed by atoms with Crippen molar-refractivity contribution in [3.05, 3.63) is 66.2 Å². The predicted molar refractivity (Wildman–Crippen MR) is 137 cm³/mol. The maximum atomic E-state index is 5.72. The molecule has 32 heavy (non-hydrogen) atoms. The third-order valence-corrected chi connectivity index (χ3v) is 8.18. The van der Waals surface area contributed by atoms with E-state index < -0.39 is 0 Å². The normalized spacial score (nSPS) is 26.3. The van der Waals surface area contributed by atoms with Gasteiger partial charge in [0.25, 0.3) is 0 Å². The van der Waals surface area contributed by atoms with Gasteiger partial charge in [-0.1, -0.05) is 81.2 Å². The summed E-state index contributed by atoms with van der Waals surface area (Å²) >= 11 is 0. The fourth-order valence-corrected chi connectivity index (χ4v) is 6.21. The van der Waals surface area contributed by atoms with Crippen molar-refractivity contribution < 1.29 is 4.74 Å². The average Bonchev–Trinajstić information content (AvgIpc) is 2.86. The molecule has 0 radical (unpaired) electrons. The minimum atomic E-state index is 0.632. The van der Waals surface area contributed by atoms with Crippen molar-refractivity contribution in [1.82, 2.24) is 0 Å². The molecule has 2 aromatic rings. The highest BCUT2D eigenvalue weighted by molar-refractivity contribution is 5.64. The lowest BCUT2D eigenvalue weighted by Crippen LogP contribution is -2.25. The Kier molecular flexibility index (Phi) is 8.49. The van der Waals surface area contributed by atoms with E-state index in [0.29, 0.717) is 6.61 Å². The van der Waals surface area contributed by atoms with Crippen LogP contribution in [0.15, 0.2) is 60.7 Å². The van der Waals surface area contributed by atoms with Gasteiger partial charge < -0.3 is 4.74 Å². The fraction of sp³-hybridized carbons (Fsp3) is 0.548. The van der Waals surface area contributed by atoms with Crippen molar-refractivity contribution in [3.63, 3.8) is 0 Å². The van der Waals surface area contributed by atoms with E-state index in [0.717, 1.165) is 29.4 Å². The largest absolute Gasteiger partial charge is 0.490 e. The summed E-state index contributed by atoms with van der Waals surface area (Å²) in [5.74, 6) is 4.75. The molecule has 0 unspecified atom stereocenters. The summed E-state index contributed by atoms with van der Waals surface area (Å²) in [6, 6.07) is 17.9. The Morgan fingerprint density at radius 2 is 1.31 bits per heavy atom. The SMILES string of the molecule is CC=CCOc1ccc(-c2ccc(C3CCC(C4CCC(CCC)CC4)CC3)cc2)cc1. The lowest BCUT2D eigenvalue weighted by molar-refractivity contribution is 0.156. The number of rotatable bonds is 8. The molecular weight excluding hydrogens is 388 g/mol. The average molecular weight is 431 g/mol. The standard InChI is InChI=1S/C31H42O/c1-3-5-23-32-31-21-19-30(20-22-31)29-17-15-28(16-18-29)27-13-11-26(12-14-27)25-9-7-24(6-4-2)8-10-25/h3,5,15-22,24-27H,4,6-14,23H2,1-2H3. The van der Waals surface area contributed by atoms with Crippen LogP contribution in [0.4, 0.5) is 0 Å². The molecule has 2 fully saturated rings. The van der Waals surface area contributed by atoms with E-state index in [-0.39, 0.29) is 0 Å². The number of allylic oxidation sites excluding steroid dienone is 1. The molecule has 0 amide bonds. The highest BCUT2D eigenvalue weighted by atomic mass is 16.5. The second-order valence-electron chi connectivity index (χ2n) is 10.2. The van der Waals surface area contributed by atoms with Crippen molar-refractivity contribution in [1.29, 1.82) is 0 Å². The van der Waals surface area contributed by atoms with Gasteiger partial charge in [0.15, 0.2) is 0 Å². The highest BCUT2D eigenvalue weighted by Gasteiger charge is 2.31. The molecule has 0 spiro atoms. The fourth-order valence-electron chi connectivity index (χ4n) is 6.21. The molecule has 2 aromatic carbocycles. The quantitative estimate of drug-likeness (QED) is 0.379. The Labute approximate surface area is 196 Å². The molecule has 1 heteroatoms. The molecule has 0 bridgehead atoms. The van der Waals surface area contributed by atoms with Crippen LogP contribution in [0.2, 0.25) is 0 Å². The van der Waals surface area contributed by atoms with Gasteiger partial charge in [-0.05, 0) is 97.9 Å². The summed E-state index contributed by atoms with van der Waals surface area (Å²) < 4.78 is 5.72. The first-order valence-electron chi connectivity index (χ1n) is 13.2. The maximum Gasteiger partial charge on any atom is 0.119 e. The molecule has 0 aliphatic heterocycles. The van der Waals surface area contributed by atoms with Crippen LogP contribution in [0.1, 0.15) is 89.5 Å². The Morgan fingerprint density at radius 3 is 1.88 bits per heavy atom. The molecule has 0 aromatic heterocycles. The number of hydrogen-bond acceptors (Lipinski definition) is 1. The number of ether oxygens (including phenoxy) is 1. The summed E-state index contributed by atoms with van der Waals surface area (Å²) in [5.41, 5.74) is 4.11. The lowest BCUT2D eigenvalue weighted by atomic mass is 9.68. The van der Waals surface area contributed by atoms with Gasteiger partial charge in [-0.2, -0.15) is 0 Å². The van der Waals surface area contributed by atoms with Crippen molar-refractivity contribution in [2.45, 2.75) is 84.0 Å². The minimum Gasteiger partial charge on any atom is -0.490 e. The van der Waals surface area contributed by atoms with Crippen LogP contribution in [0.5, 0.6) is 5.75 Å². The molecule has 0 N–H and O–H groups in total. The third-order valence-electron chi connectivity index (χ3n) is 8.18. The van der Waals surface area contributed by atoms with Gasteiger partial charge in [-0.25, -0.2) is 0 Å². The molecule has 1 nitrogen and oxygen atoms in total. The first-order chi connectivity index (χ1) is 15.8. The summed E-state index contributed by atoms with van der Waals surface area (Å²) in [4.78, 5) is 0. The third kappa shape index (κ3) is 6.06. The van der Waals surface area contributed by atoms with E-state index >= 15 is 0 Å². The van der Waals surface area contributed by atoms with E-state index in [1.807, 2.05) is 19.1 Å². The molecule has 172 valence electrons. The Hall–Kier alpha value is -2.02. The summed E-state index contributed by atoms with van der Waals surface area (Å²) in [6.07, 6.45) is 18.6. The molecule has 0 atom stereocenters. The minimum absolute atomic E-state index is 0.632. The summed E-state index contributed by atoms with van der Waals surface area (Å²) in [7, 11) is 0. The summed E-state index contributed by atoms with van der Waals surface area (Å²) in [6.45, 7) is 4.99. The van der Waals surface area contributed by atoms with Crippen LogP contribution in [-0.2, 0) is 0 Å². The Bertz CT molecular complexity index is 816. The zero-order chi connectivity index (χ0) is 22.2. The molecule has 0 saturated heterocycles. The molecule has 0 heterocycles. The van der Waals surface area contributed by atoms with Gasteiger partial charge in [0, 0.05) is 0 Å². The van der Waals surface area contributed by atoms with Gasteiger partial charge in [-0.15, -0.1) is 0 Å². The van der Waals surface area contributed by atoms with Crippen LogP contribution in [-0.4, -0.2) is 6.61 Å². The van der Waals surface area contributed by atoms with Crippen molar-refractivity contribution in [3.8, 4) is 16.9 Å². The smallest absolute Gasteiger partial charge is 0.119 e.